The number of hydrogen-bond donors (Lipinski definition) is 0. The summed E-state index contributed by atoms with van der Waals surface area (Å²) in [4.78, 5) is 0. The third kappa shape index (κ3) is 6.66. The SMILES string of the molecule is C=CCC(CC(C#N)OCOC)O[Si](CC)(CC)CC. The molecule has 0 spiro atoms. The van der Waals surface area contributed by atoms with Gasteiger partial charge in [-0.05, 0) is 24.6 Å². The number of nitrogens with zero attached hydrogens (tertiary/aromatic N) is 1. The maximum Gasteiger partial charge on any atom is 0.192 e. The molecule has 0 bridgehead atoms. The fourth-order valence-electron chi connectivity index (χ4n) is 2.28. The van der Waals surface area contributed by atoms with Crippen LogP contribution >= 0.6 is 0 Å². The molecule has 0 saturated heterocycles. The zero-order valence-corrected chi connectivity index (χ0v) is 14.4. The first-order chi connectivity index (χ1) is 9.61. The molecule has 0 aromatic heterocycles. The third-order valence-corrected chi connectivity index (χ3v) is 8.49. The van der Waals surface area contributed by atoms with Crippen molar-refractivity contribution < 1.29 is 13.9 Å². The number of methoxy groups -OCH3 is 1. The van der Waals surface area contributed by atoms with E-state index >= 15 is 0 Å². The fraction of sp³-hybridized carbons (Fsp3) is 0.800. The molecule has 4 nitrogen and oxygen atoms in total. The van der Waals surface area contributed by atoms with Gasteiger partial charge in [0.05, 0.1) is 12.2 Å². The van der Waals surface area contributed by atoms with Gasteiger partial charge >= 0.3 is 0 Å². The minimum absolute atomic E-state index is 0.0144. The van der Waals surface area contributed by atoms with Crippen molar-refractivity contribution >= 4 is 8.32 Å². The van der Waals surface area contributed by atoms with E-state index in [4.69, 9.17) is 19.2 Å². The molecule has 0 aliphatic rings. The lowest BCUT2D eigenvalue weighted by molar-refractivity contribution is -0.0633. The first kappa shape index (κ1) is 19.3. The molecule has 0 aliphatic heterocycles. The number of rotatable bonds is 12. The van der Waals surface area contributed by atoms with Crippen LogP contribution < -0.4 is 0 Å². The van der Waals surface area contributed by atoms with Crippen molar-refractivity contribution in [1.82, 2.24) is 0 Å². The molecule has 0 saturated carbocycles. The van der Waals surface area contributed by atoms with E-state index in [2.05, 4.69) is 33.4 Å². The van der Waals surface area contributed by atoms with Crippen LogP contribution in [0.5, 0.6) is 0 Å². The predicted octanol–water partition coefficient (Wildman–Crippen LogP) is 3.86. The summed E-state index contributed by atoms with van der Waals surface area (Å²) >= 11 is 0. The summed E-state index contributed by atoms with van der Waals surface area (Å²) in [6, 6.07) is 5.47. The molecule has 20 heavy (non-hydrogen) atoms. The predicted molar refractivity (Wildman–Crippen MR) is 83.9 cm³/mol. The number of ether oxygens (including phenoxy) is 2. The molecule has 0 amide bonds. The van der Waals surface area contributed by atoms with Gasteiger partial charge in [-0.15, -0.1) is 6.58 Å². The first-order valence-electron chi connectivity index (χ1n) is 7.40. The lowest BCUT2D eigenvalue weighted by Crippen LogP contribution is -2.41. The largest absolute Gasteiger partial charge is 0.413 e. The summed E-state index contributed by atoms with van der Waals surface area (Å²) in [7, 11) is -0.122. The van der Waals surface area contributed by atoms with Crippen LogP contribution in [0.1, 0.15) is 33.6 Å². The summed E-state index contributed by atoms with van der Waals surface area (Å²) in [5, 5.41) is 9.14. The Morgan fingerprint density at radius 3 is 2.25 bits per heavy atom. The van der Waals surface area contributed by atoms with Crippen LogP contribution in [0, 0.1) is 11.3 Å². The molecule has 0 heterocycles. The van der Waals surface area contributed by atoms with Gasteiger partial charge in [-0.25, -0.2) is 0 Å². The molecular weight excluding hydrogens is 270 g/mol. The van der Waals surface area contributed by atoms with Crippen LogP contribution in [-0.4, -0.2) is 34.4 Å². The molecule has 0 aliphatic carbocycles. The molecule has 0 fully saturated rings. The van der Waals surface area contributed by atoms with Crippen molar-refractivity contribution in [3.05, 3.63) is 12.7 Å². The van der Waals surface area contributed by atoms with E-state index in [9.17, 15) is 0 Å². The molecule has 2 atom stereocenters. The van der Waals surface area contributed by atoms with Crippen LogP contribution in [-0.2, 0) is 13.9 Å². The maximum absolute atomic E-state index is 9.14. The zero-order valence-electron chi connectivity index (χ0n) is 13.4. The second kappa shape index (κ2) is 11.0. The second-order valence-corrected chi connectivity index (χ2v) is 9.66. The van der Waals surface area contributed by atoms with Crippen LogP contribution in [0.2, 0.25) is 18.1 Å². The smallest absolute Gasteiger partial charge is 0.192 e. The summed E-state index contributed by atoms with van der Waals surface area (Å²) in [6.45, 7) is 10.5. The van der Waals surface area contributed by atoms with E-state index in [1.165, 1.54) is 0 Å². The van der Waals surface area contributed by atoms with E-state index in [0.717, 1.165) is 24.6 Å². The number of hydrogen-bond acceptors (Lipinski definition) is 4. The van der Waals surface area contributed by atoms with Crippen LogP contribution in [0.15, 0.2) is 12.7 Å². The van der Waals surface area contributed by atoms with Crippen molar-refractivity contribution in [2.75, 3.05) is 13.9 Å². The minimum Gasteiger partial charge on any atom is -0.413 e. The summed E-state index contributed by atoms with van der Waals surface area (Å²) < 4.78 is 16.6. The lowest BCUT2D eigenvalue weighted by atomic mass is 10.1. The lowest BCUT2D eigenvalue weighted by Gasteiger charge is -2.33. The standard InChI is InChI=1S/C15H29NO3Si/c1-6-10-14(11-15(12-16)18-13-17-5)19-20(7-2,8-3)9-4/h6,14-15H,1,7-11,13H2,2-5H3. The van der Waals surface area contributed by atoms with Gasteiger partial charge in [0, 0.05) is 13.5 Å². The monoisotopic (exact) mass is 299 g/mol. The van der Waals surface area contributed by atoms with E-state index in [-0.39, 0.29) is 12.9 Å². The molecule has 2 unspecified atom stereocenters. The molecule has 116 valence electrons. The Labute approximate surface area is 124 Å². The summed E-state index contributed by atoms with van der Waals surface area (Å²) in [5.74, 6) is 0. The molecule has 0 N–H and O–H groups in total. The fourth-order valence-corrected chi connectivity index (χ4v) is 5.18. The second-order valence-electron chi connectivity index (χ2n) is 4.93. The Morgan fingerprint density at radius 1 is 1.25 bits per heavy atom. The van der Waals surface area contributed by atoms with E-state index in [1.807, 2.05) is 6.08 Å². The minimum atomic E-state index is -1.67. The highest BCUT2D eigenvalue weighted by molar-refractivity contribution is 6.73. The van der Waals surface area contributed by atoms with Gasteiger partial charge in [-0.2, -0.15) is 5.26 Å². The normalized spacial score (nSPS) is 14.6. The van der Waals surface area contributed by atoms with Gasteiger partial charge in [-0.3, -0.25) is 0 Å². The van der Waals surface area contributed by atoms with Gasteiger partial charge in [0.25, 0.3) is 0 Å². The first-order valence-corrected chi connectivity index (χ1v) is 9.93. The zero-order chi connectivity index (χ0) is 15.4. The Morgan fingerprint density at radius 2 is 1.85 bits per heavy atom. The average molecular weight is 299 g/mol. The molecule has 0 radical (unpaired) electrons. The van der Waals surface area contributed by atoms with Gasteiger partial charge in [0.1, 0.15) is 12.9 Å². The Hall–Kier alpha value is -0.673. The third-order valence-electron chi connectivity index (χ3n) is 3.79. The highest BCUT2D eigenvalue weighted by Crippen LogP contribution is 2.26. The summed E-state index contributed by atoms with van der Waals surface area (Å²) in [6.07, 6.45) is 2.71. The van der Waals surface area contributed by atoms with Crippen molar-refractivity contribution in [3.8, 4) is 6.07 Å². The highest BCUT2D eigenvalue weighted by atomic mass is 28.4. The average Bonchev–Trinajstić information content (AvgIpc) is 2.49. The summed E-state index contributed by atoms with van der Waals surface area (Å²) in [5.41, 5.74) is 0. The molecule has 0 aromatic rings. The topological polar surface area (TPSA) is 51.5 Å². The van der Waals surface area contributed by atoms with Crippen molar-refractivity contribution in [2.45, 2.75) is 64.0 Å². The van der Waals surface area contributed by atoms with Gasteiger partial charge in [0.2, 0.25) is 0 Å². The van der Waals surface area contributed by atoms with Crippen LogP contribution in [0.3, 0.4) is 0 Å². The van der Waals surface area contributed by atoms with Crippen molar-refractivity contribution in [3.63, 3.8) is 0 Å². The van der Waals surface area contributed by atoms with E-state index < -0.39 is 14.4 Å². The quantitative estimate of drug-likeness (QED) is 0.312. The number of nitriles is 1. The molecule has 5 heteroatoms. The van der Waals surface area contributed by atoms with Crippen LogP contribution in [0.4, 0.5) is 0 Å². The Kier molecular flexibility index (Phi) is 10.7. The Bertz CT molecular complexity index is 292. The van der Waals surface area contributed by atoms with Gasteiger partial charge in [-0.1, -0.05) is 26.8 Å². The maximum atomic E-state index is 9.14. The van der Waals surface area contributed by atoms with E-state index in [0.29, 0.717) is 6.42 Å². The van der Waals surface area contributed by atoms with Gasteiger partial charge in [0.15, 0.2) is 8.32 Å². The molecular formula is C15H29NO3Si. The Balaban J connectivity index is 4.69. The van der Waals surface area contributed by atoms with Crippen LogP contribution in [0.25, 0.3) is 0 Å². The molecule has 0 aromatic carbocycles. The van der Waals surface area contributed by atoms with Crippen molar-refractivity contribution in [1.29, 1.82) is 5.26 Å². The van der Waals surface area contributed by atoms with Gasteiger partial charge < -0.3 is 13.9 Å². The highest BCUT2D eigenvalue weighted by Gasteiger charge is 2.32. The van der Waals surface area contributed by atoms with E-state index in [1.54, 1.807) is 7.11 Å². The molecule has 0 rings (SSSR count). The van der Waals surface area contributed by atoms with Crippen molar-refractivity contribution in [2.24, 2.45) is 0 Å².